The molecule has 4 heteroatoms. The van der Waals surface area contributed by atoms with Crippen LogP contribution in [0.2, 0.25) is 0 Å². The summed E-state index contributed by atoms with van der Waals surface area (Å²) in [5.41, 5.74) is 0.475. The second kappa shape index (κ2) is 4.96. The number of amides is 1. The molecule has 0 bridgehead atoms. The molecule has 0 aromatic carbocycles. The van der Waals surface area contributed by atoms with Crippen LogP contribution in [0, 0.1) is 5.41 Å². The Labute approximate surface area is 102 Å². The van der Waals surface area contributed by atoms with Gasteiger partial charge in [-0.3, -0.25) is 10.1 Å². The third-order valence-corrected chi connectivity index (χ3v) is 4.66. The summed E-state index contributed by atoms with van der Waals surface area (Å²) >= 11 is 1.80. The second-order valence-electron chi connectivity index (χ2n) is 5.72. The molecule has 1 aliphatic carbocycles. The van der Waals surface area contributed by atoms with Crippen molar-refractivity contribution in [2.24, 2.45) is 5.41 Å². The molecule has 3 nitrogen and oxygen atoms in total. The minimum Gasteiger partial charge on any atom is -0.352 e. The van der Waals surface area contributed by atoms with Crippen LogP contribution >= 0.6 is 11.8 Å². The summed E-state index contributed by atoms with van der Waals surface area (Å²) < 4.78 is 0. The zero-order valence-corrected chi connectivity index (χ0v) is 11.0. The fourth-order valence-electron chi connectivity index (χ4n) is 2.41. The van der Waals surface area contributed by atoms with Crippen LogP contribution in [0.25, 0.3) is 0 Å². The van der Waals surface area contributed by atoms with Gasteiger partial charge in [0, 0.05) is 17.7 Å². The lowest BCUT2D eigenvalue weighted by Gasteiger charge is -2.35. The third-order valence-electron chi connectivity index (χ3n) is 3.72. The van der Waals surface area contributed by atoms with Crippen LogP contribution in [0.15, 0.2) is 0 Å². The molecule has 1 heterocycles. The van der Waals surface area contributed by atoms with E-state index in [-0.39, 0.29) is 11.9 Å². The smallest absolute Gasteiger partial charge is 0.238 e. The van der Waals surface area contributed by atoms with Crippen LogP contribution in [0.4, 0.5) is 0 Å². The minimum atomic E-state index is 0.0416. The average Bonchev–Trinajstić information content (AvgIpc) is 2.74. The average molecular weight is 242 g/mol. The van der Waals surface area contributed by atoms with Gasteiger partial charge in [-0.15, -0.1) is 11.8 Å². The van der Waals surface area contributed by atoms with Gasteiger partial charge >= 0.3 is 0 Å². The highest BCUT2D eigenvalue weighted by molar-refractivity contribution is 7.99. The number of thioether (sulfide) groups is 1. The fraction of sp³-hybridized carbons (Fsp3) is 0.917. The first-order chi connectivity index (χ1) is 7.57. The number of rotatable bonds is 2. The van der Waals surface area contributed by atoms with Crippen molar-refractivity contribution in [1.82, 2.24) is 10.6 Å². The molecule has 92 valence electrons. The minimum absolute atomic E-state index is 0.0416. The van der Waals surface area contributed by atoms with Crippen LogP contribution < -0.4 is 10.6 Å². The second-order valence-corrected chi connectivity index (χ2v) is 6.75. The Morgan fingerprint density at radius 1 is 1.38 bits per heavy atom. The number of carbonyl (C=O) groups excluding carboxylic acids is 1. The Morgan fingerprint density at radius 3 is 2.62 bits per heavy atom. The summed E-state index contributed by atoms with van der Waals surface area (Å²) in [7, 11) is 0. The van der Waals surface area contributed by atoms with Gasteiger partial charge in [0.2, 0.25) is 5.91 Å². The van der Waals surface area contributed by atoms with Gasteiger partial charge in [0.25, 0.3) is 0 Å². The molecule has 1 saturated heterocycles. The van der Waals surface area contributed by atoms with Gasteiger partial charge in [-0.1, -0.05) is 13.8 Å². The highest BCUT2D eigenvalue weighted by Gasteiger charge is 2.30. The Kier molecular flexibility index (Phi) is 3.80. The first-order valence-electron chi connectivity index (χ1n) is 6.18. The lowest BCUT2D eigenvalue weighted by Crippen LogP contribution is -2.47. The van der Waals surface area contributed by atoms with Crippen molar-refractivity contribution >= 4 is 17.7 Å². The molecular weight excluding hydrogens is 220 g/mol. The van der Waals surface area contributed by atoms with E-state index in [0.717, 1.165) is 24.5 Å². The topological polar surface area (TPSA) is 41.1 Å². The van der Waals surface area contributed by atoms with Gasteiger partial charge in [0.15, 0.2) is 0 Å². The van der Waals surface area contributed by atoms with Crippen LogP contribution in [-0.2, 0) is 4.79 Å². The summed E-state index contributed by atoms with van der Waals surface area (Å²) in [5, 5.41) is 6.40. The van der Waals surface area contributed by atoms with E-state index in [1.54, 1.807) is 11.8 Å². The SMILES string of the molecule is CC1(C)CCC(NC(=O)C2CSCN2)CC1. The predicted molar refractivity (Wildman–Crippen MR) is 68.4 cm³/mol. The van der Waals surface area contributed by atoms with Gasteiger partial charge in [0.05, 0.1) is 6.04 Å². The lowest BCUT2D eigenvalue weighted by molar-refractivity contribution is -0.123. The van der Waals surface area contributed by atoms with Gasteiger partial charge in [0.1, 0.15) is 0 Å². The number of carbonyl (C=O) groups is 1. The molecule has 0 aromatic rings. The molecule has 0 spiro atoms. The van der Waals surface area contributed by atoms with Crippen molar-refractivity contribution in [1.29, 1.82) is 0 Å². The summed E-state index contributed by atoms with van der Waals surface area (Å²) in [6, 6.07) is 0.452. The van der Waals surface area contributed by atoms with Crippen molar-refractivity contribution in [2.75, 3.05) is 11.6 Å². The van der Waals surface area contributed by atoms with Crippen molar-refractivity contribution in [3.05, 3.63) is 0 Å². The molecule has 1 aliphatic heterocycles. The molecule has 1 unspecified atom stereocenters. The third kappa shape index (κ3) is 3.14. The normalized spacial score (nSPS) is 30.2. The first kappa shape index (κ1) is 12.2. The van der Waals surface area contributed by atoms with Crippen LogP contribution in [0.5, 0.6) is 0 Å². The quantitative estimate of drug-likeness (QED) is 0.775. The van der Waals surface area contributed by atoms with Crippen LogP contribution in [-0.4, -0.2) is 29.6 Å². The zero-order chi connectivity index (χ0) is 11.6. The van der Waals surface area contributed by atoms with E-state index in [0.29, 0.717) is 11.5 Å². The van der Waals surface area contributed by atoms with E-state index in [4.69, 9.17) is 0 Å². The molecular formula is C12H22N2OS. The van der Waals surface area contributed by atoms with Crippen molar-refractivity contribution in [2.45, 2.75) is 51.6 Å². The Hall–Kier alpha value is -0.220. The molecule has 1 amide bonds. The molecule has 2 aliphatic rings. The molecule has 0 aromatic heterocycles. The molecule has 1 atom stereocenters. The van der Waals surface area contributed by atoms with Gasteiger partial charge in [-0.2, -0.15) is 0 Å². The first-order valence-corrected chi connectivity index (χ1v) is 7.34. The highest BCUT2D eigenvalue weighted by Crippen LogP contribution is 2.35. The number of hydrogen-bond acceptors (Lipinski definition) is 3. The fourth-order valence-corrected chi connectivity index (χ4v) is 3.35. The highest BCUT2D eigenvalue weighted by atomic mass is 32.2. The van der Waals surface area contributed by atoms with E-state index in [1.807, 2.05) is 0 Å². The van der Waals surface area contributed by atoms with Crippen LogP contribution in [0.3, 0.4) is 0 Å². The van der Waals surface area contributed by atoms with Crippen molar-refractivity contribution in [3.8, 4) is 0 Å². The van der Waals surface area contributed by atoms with Crippen molar-refractivity contribution in [3.63, 3.8) is 0 Å². The summed E-state index contributed by atoms with van der Waals surface area (Å²) in [4.78, 5) is 11.9. The van der Waals surface area contributed by atoms with E-state index < -0.39 is 0 Å². The van der Waals surface area contributed by atoms with E-state index in [1.165, 1.54) is 12.8 Å². The van der Waals surface area contributed by atoms with Gasteiger partial charge in [-0.25, -0.2) is 0 Å². The predicted octanol–water partition coefficient (Wildman–Crippen LogP) is 1.73. The Bertz CT molecular complexity index is 252. The monoisotopic (exact) mass is 242 g/mol. The molecule has 1 saturated carbocycles. The maximum absolute atomic E-state index is 11.9. The largest absolute Gasteiger partial charge is 0.352 e. The Morgan fingerprint density at radius 2 is 2.06 bits per heavy atom. The lowest BCUT2D eigenvalue weighted by atomic mass is 9.75. The van der Waals surface area contributed by atoms with Gasteiger partial charge in [-0.05, 0) is 31.1 Å². The molecule has 2 fully saturated rings. The summed E-state index contributed by atoms with van der Waals surface area (Å²) in [6.45, 7) is 4.64. The number of hydrogen-bond donors (Lipinski definition) is 2. The molecule has 16 heavy (non-hydrogen) atoms. The summed E-state index contributed by atoms with van der Waals surface area (Å²) in [5.74, 6) is 2.04. The molecule has 2 rings (SSSR count). The van der Waals surface area contributed by atoms with E-state index >= 15 is 0 Å². The standard InChI is InChI=1S/C12H22N2OS/c1-12(2)5-3-9(4-6-12)14-11(15)10-7-16-8-13-10/h9-10,13H,3-8H2,1-2H3,(H,14,15). The summed E-state index contributed by atoms with van der Waals surface area (Å²) in [6.07, 6.45) is 4.73. The van der Waals surface area contributed by atoms with E-state index in [9.17, 15) is 4.79 Å². The van der Waals surface area contributed by atoms with Gasteiger partial charge < -0.3 is 5.32 Å². The Balaban J connectivity index is 1.76. The van der Waals surface area contributed by atoms with E-state index in [2.05, 4.69) is 24.5 Å². The zero-order valence-electron chi connectivity index (χ0n) is 10.2. The maximum Gasteiger partial charge on any atom is 0.238 e. The van der Waals surface area contributed by atoms with Crippen molar-refractivity contribution < 1.29 is 4.79 Å². The maximum atomic E-state index is 11.9. The molecule has 0 radical (unpaired) electrons. The number of nitrogens with one attached hydrogen (secondary N) is 2. The molecule has 2 N–H and O–H groups in total. The van der Waals surface area contributed by atoms with Crippen LogP contribution in [0.1, 0.15) is 39.5 Å².